The third kappa shape index (κ3) is 3.23. The van der Waals surface area contributed by atoms with Crippen molar-refractivity contribution in [3.63, 3.8) is 0 Å². The number of piperidine rings is 1. The van der Waals surface area contributed by atoms with Crippen molar-refractivity contribution >= 4 is 34.7 Å². The molecule has 2 aromatic carbocycles. The van der Waals surface area contributed by atoms with Crippen molar-refractivity contribution in [1.29, 1.82) is 0 Å². The molecule has 8 heteroatoms. The van der Waals surface area contributed by atoms with E-state index in [-0.39, 0.29) is 17.1 Å². The summed E-state index contributed by atoms with van der Waals surface area (Å²) < 4.78 is 17.1. The maximum Gasteiger partial charge on any atom is 0.208 e. The Balaban J connectivity index is 1.28. The highest BCUT2D eigenvalue weighted by atomic mass is 35.5. The minimum Gasteiger partial charge on any atom is -0.354 e. The Morgan fingerprint density at radius 3 is 2.64 bits per heavy atom. The highest BCUT2D eigenvalue weighted by molar-refractivity contribution is 6.43. The van der Waals surface area contributed by atoms with Crippen molar-refractivity contribution in [3.8, 4) is 11.3 Å². The SMILES string of the molecule is N[C@@H]1c2ccccc2CC12CCN(c1ncn3cc(-c4cccc(Cl)c4Cl)nc3c1F)CC2. The Labute approximate surface area is 201 Å². The van der Waals surface area contributed by atoms with Crippen LogP contribution in [-0.4, -0.2) is 27.5 Å². The molecule has 33 heavy (non-hydrogen) atoms. The molecule has 0 radical (unpaired) electrons. The number of nitrogens with two attached hydrogens (primary N) is 1. The van der Waals surface area contributed by atoms with E-state index in [0.717, 1.165) is 19.3 Å². The Kier molecular flexibility index (Phi) is 4.87. The van der Waals surface area contributed by atoms with Gasteiger partial charge in [-0.3, -0.25) is 4.40 Å². The molecule has 1 atom stereocenters. The maximum atomic E-state index is 15.6. The van der Waals surface area contributed by atoms with Gasteiger partial charge in [-0.15, -0.1) is 0 Å². The average molecular weight is 482 g/mol. The van der Waals surface area contributed by atoms with Gasteiger partial charge < -0.3 is 10.6 Å². The summed E-state index contributed by atoms with van der Waals surface area (Å²) in [6.45, 7) is 1.41. The van der Waals surface area contributed by atoms with Crippen LogP contribution in [0, 0.1) is 11.2 Å². The van der Waals surface area contributed by atoms with Gasteiger partial charge in [0.25, 0.3) is 0 Å². The fourth-order valence-electron chi connectivity index (χ4n) is 5.44. The van der Waals surface area contributed by atoms with E-state index >= 15 is 4.39 Å². The molecule has 0 bridgehead atoms. The van der Waals surface area contributed by atoms with Crippen molar-refractivity contribution in [2.45, 2.75) is 25.3 Å². The quantitative estimate of drug-likeness (QED) is 0.399. The van der Waals surface area contributed by atoms with Gasteiger partial charge in [0, 0.05) is 30.9 Å². The summed E-state index contributed by atoms with van der Waals surface area (Å²) in [5.41, 5.74) is 10.7. The van der Waals surface area contributed by atoms with Crippen molar-refractivity contribution in [2.75, 3.05) is 18.0 Å². The summed E-state index contributed by atoms with van der Waals surface area (Å²) in [7, 11) is 0. The molecule has 0 unspecified atom stereocenters. The van der Waals surface area contributed by atoms with Crippen LogP contribution in [0.5, 0.6) is 0 Å². The lowest BCUT2D eigenvalue weighted by Crippen LogP contribution is -2.45. The second-order valence-corrected chi connectivity index (χ2v) is 9.83. The van der Waals surface area contributed by atoms with Crippen LogP contribution in [0.25, 0.3) is 16.9 Å². The number of imidazole rings is 1. The molecular formula is C25H22Cl2FN5. The third-order valence-electron chi connectivity index (χ3n) is 7.31. The van der Waals surface area contributed by atoms with Crippen LogP contribution < -0.4 is 10.6 Å². The minimum atomic E-state index is -0.433. The number of hydrogen-bond donors (Lipinski definition) is 1. The second-order valence-electron chi connectivity index (χ2n) is 9.04. The minimum absolute atomic E-state index is 0.0217. The van der Waals surface area contributed by atoms with Crippen LogP contribution >= 0.6 is 23.2 Å². The molecule has 0 saturated carbocycles. The number of hydrogen-bond acceptors (Lipinski definition) is 4. The first kappa shape index (κ1) is 20.9. The largest absolute Gasteiger partial charge is 0.354 e. The molecule has 2 N–H and O–H groups in total. The molecule has 5 nitrogen and oxygen atoms in total. The predicted octanol–water partition coefficient (Wildman–Crippen LogP) is 5.68. The number of aromatic nitrogens is 3. The van der Waals surface area contributed by atoms with Crippen molar-refractivity contribution in [2.24, 2.45) is 11.1 Å². The van der Waals surface area contributed by atoms with E-state index in [1.165, 1.54) is 11.1 Å². The lowest BCUT2D eigenvalue weighted by atomic mass is 9.73. The number of anilines is 1. The predicted molar refractivity (Wildman–Crippen MR) is 129 cm³/mol. The number of benzene rings is 2. The molecule has 6 rings (SSSR count). The lowest BCUT2D eigenvalue weighted by Gasteiger charge is -2.42. The van der Waals surface area contributed by atoms with Crippen LogP contribution in [0.2, 0.25) is 10.0 Å². The van der Waals surface area contributed by atoms with Crippen molar-refractivity contribution in [1.82, 2.24) is 14.4 Å². The van der Waals surface area contributed by atoms with E-state index in [0.29, 0.717) is 40.2 Å². The fraction of sp³-hybridized carbons (Fsp3) is 0.280. The van der Waals surface area contributed by atoms with E-state index < -0.39 is 5.82 Å². The van der Waals surface area contributed by atoms with E-state index in [9.17, 15) is 0 Å². The van der Waals surface area contributed by atoms with E-state index in [1.54, 1.807) is 29.1 Å². The zero-order valence-electron chi connectivity index (χ0n) is 17.8. The Morgan fingerprint density at radius 2 is 1.85 bits per heavy atom. The van der Waals surface area contributed by atoms with Gasteiger partial charge in [-0.25, -0.2) is 9.97 Å². The third-order valence-corrected chi connectivity index (χ3v) is 8.13. The topological polar surface area (TPSA) is 59.5 Å². The van der Waals surface area contributed by atoms with Crippen LogP contribution in [0.4, 0.5) is 10.2 Å². The molecule has 4 aromatic rings. The highest BCUT2D eigenvalue weighted by Gasteiger charge is 2.46. The zero-order valence-corrected chi connectivity index (χ0v) is 19.3. The van der Waals surface area contributed by atoms with Gasteiger partial charge in [-0.1, -0.05) is 59.6 Å². The summed E-state index contributed by atoms with van der Waals surface area (Å²) in [4.78, 5) is 11.0. The van der Waals surface area contributed by atoms with E-state index in [1.807, 2.05) is 11.0 Å². The molecular weight excluding hydrogens is 460 g/mol. The van der Waals surface area contributed by atoms with Crippen LogP contribution in [0.3, 0.4) is 0 Å². The fourth-order valence-corrected chi connectivity index (χ4v) is 5.84. The molecule has 1 spiro atoms. The second kappa shape index (κ2) is 7.69. The van der Waals surface area contributed by atoms with Crippen molar-refractivity contribution < 1.29 is 4.39 Å². The van der Waals surface area contributed by atoms with Gasteiger partial charge in [-0.2, -0.15) is 4.39 Å². The maximum absolute atomic E-state index is 15.6. The van der Waals surface area contributed by atoms with Gasteiger partial charge in [0.2, 0.25) is 5.82 Å². The standard InChI is InChI=1S/C25H22Cl2FN5/c26-18-7-3-6-17(20(18)27)19-13-33-14-30-23(21(28)24(33)31-19)32-10-8-25(9-11-32)12-15-4-1-2-5-16(15)22(25)29/h1-7,13-14,22H,8-12,29H2/t22-/m1/s1. The van der Waals surface area contributed by atoms with Crippen molar-refractivity contribution in [3.05, 3.63) is 82.0 Å². The highest BCUT2D eigenvalue weighted by Crippen LogP contribution is 2.51. The Bertz CT molecular complexity index is 1380. The van der Waals surface area contributed by atoms with Crippen LogP contribution in [0.15, 0.2) is 55.0 Å². The first-order valence-electron chi connectivity index (χ1n) is 11.0. The lowest BCUT2D eigenvalue weighted by molar-refractivity contribution is 0.187. The number of rotatable bonds is 2. The first-order valence-corrected chi connectivity index (χ1v) is 11.8. The molecule has 0 amide bonds. The molecule has 168 valence electrons. The van der Waals surface area contributed by atoms with Gasteiger partial charge in [0.1, 0.15) is 6.33 Å². The smallest absolute Gasteiger partial charge is 0.208 e. The monoisotopic (exact) mass is 481 g/mol. The van der Waals surface area contributed by atoms with E-state index in [4.69, 9.17) is 28.9 Å². The van der Waals surface area contributed by atoms with Gasteiger partial charge in [-0.05, 0) is 41.9 Å². The van der Waals surface area contributed by atoms with Gasteiger partial charge >= 0.3 is 0 Å². The molecule has 2 aliphatic rings. The van der Waals surface area contributed by atoms with Gasteiger partial charge in [0.05, 0.1) is 15.7 Å². The molecule has 1 aliphatic carbocycles. The average Bonchev–Trinajstić information content (AvgIpc) is 3.37. The Morgan fingerprint density at radius 1 is 1.06 bits per heavy atom. The van der Waals surface area contributed by atoms with E-state index in [2.05, 4.69) is 34.2 Å². The van der Waals surface area contributed by atoms with Gasteiger partial charge in [0.15, 0.2) is 11.5 Å². The number of fused-ring (bicyclic) bond motifs is 2. The summed E-state index contributed by atoms with van der Waals surface area (Å²) in [5, 5.41) is 0.825. The summed E-state index contributed by atoms with van der Waals surface area (Å²) >= 11 is 12.5. The molecule has 3 heterocycles. The summed E-state index contributed by atoms with van der Waals surface area (Å²) in [5.74, 6) is -0.104. The van der Waals surface area contributed by atoms with Crippen LogP contribution in [0.1, 0.15) is 30.0 Å². The number of halogens is 3. The molecule has 1 saturated heterocycles. The normalized spacial score (nSPS) is 19.4. The Hall–Kier alpha value is -2.67. The zero-order chi connectivity index (χ0) is 22.7. The molecule has 2 aromatic heterocycles. The summed E-state index contributed by atoms with van der Waals surface area (Å²) in [6, 6.07) is 13.8. The molecule has 1 aliphatic heterocycles. The summed E-state index contributed by atoms with van der Waals surface area (Å²) in [6.07, 6.45) is 6.09. The first-order chi connectivity index (χ1) is 16.0. The van der Waals surface area contributed by atoms with Crippen LogP contribution in [-0.2, 0) is 6.42 Å². The number of nitrogens with zero attached hydrogens (tertiary/aromatic N) is 4. The molecule has 1 fully saturated rings.